The molecule has 2 heterocycles. The van der Waals surface area contributed by atoms with E-state index in [2.05, 4.69) is 43.2 Å². The predicted molar refractivity (Wildman–Crippen MR) is 78.0 cm³/mol. The number of hydrogen-bond donors (Lipinski definition) is 1. The molecule has 1 aromatic carbocycles. The second kappa shape index (κ2) is 4.52. The Bertz CT molecular complexity index is 741. The molecular weight excluding hydrogens is 234 g/mol. The lowest BCUT2D eigenvalue weighted by atomic mass is 10.1. The summed E-state index contributed by atoms with van der Waals surface area (Å²) in [6.45, 7) is 4.79. The number of aryl methyl sites for hydroxylation is 2. The van der Waals surface area contributed by atoms with Crippen LogP contribution in [0.4, 0.5) is 0 Å². The Labute approximate surface area is 112 Å². The van der Waals surface area contributed by atoms with Crippen molar-refractivity contribution in [2.24, 2.45) is 5.73 Å². The fraction of sp³-hybridized carbons (Fsp3) is 0.188. The summed E-state index contributed by atoms with van der Waals surface area (Å²) in [5.41, 5.74) is 12.4. The number of fused-ring (bicyclic) bond motifs is 1. The minimum absolute atomic E-state index is 0.544. The van der Waals surface area contributed by atoms with Gasteiger partial charge in [-0.15, -0.1) is 0 Å². The van der Waals surface area contributed by atoms with Gasteiger partial charge in [0.15, 0.2) is 0 Å². The van der Waals surface area contributed by atoms with Gasteiger partial charge in [0.25, 0.3) is 0 Å². The van der Waals surface area contributed by atoms with Gasteiger partial charge in [0.2, 0.25) is 0 Å². The lowest BCUT2D eigenvalue weighted by Gasteiger charge is -2.01. The molecule has 0 radical (unpaired) electrons. The number of nitrogens with two attached hydrogens (primary N) is 1. The van der Waals surface area contributed by atoms with E-state index < -0.39 is 0 Å². The second-order valence-corrected chi connectivity index (χ2v) is 4.93. The highest BCUT2D eigenvalue weighted by Gasteiger charge is 2.05. The highest BCUT2D eigenvalue weighted by atomic mass is 15.0. The van der Waals surface area contributed by atoms with Crippen molar-refractivity contribution in [2.75, 3.05) is 0 Å². The first-order valence-electron chi connectivity index (χ1n) is 6.43. The number of hydrogen-bond acceptors (Lipinski definition) is 2. The largest absolute Gasteiger partial charge is 0.326 e. The molecule has 3 nitrogen and oxygen atoms in total. The van der Waals surface area contributed by atoms with E-state index in [9.17, 15) is 0 Å². The van der Waals surface area contributed by atoms with Gasteiger partial charge in [0.05, 0.1) is 5.69 Å². The van der Waals surface area contributed by atoms with Crippen molar-refractivity contribution in [2.45, 2.75) is 20.4 Å². The van der Waals surface area contributed by atoms with Crippen molar-refractivity contribution >= 4 is 5.65 Å². The Morgan fingerprint density at radius 3 is 2.68 bits per heavy atom. The van der Waals surface area contributed by atoms with Crippen LogP contribution in [0.3, 0.4) is 0 Å². The molecule has 19 heavy (non-hydrogen) atoms. The van der Waals surface area contributed by atoms with Gasteiger partial charge in [0.1, 0.15) is 5.65 Å². The van der Waals surface area contributed by atoms with Gasteiger partial charge in [0, 0.05) is 24.5 Å². The van der Waals surface area contributed by atoms with E-state index >= 15 is 0 Å². The highest BCUT2D eigenvalue weighted by Crippen LogP contribution is 2.22. The number of benzene rings is 1. The van der Waals surface area contributed by atoms with Gasteiger partial charge in [-0.2, -0.15) is 0 Å². The minimum Gasteiger partial charge on any atom is -0.326 e. The molecule has 0 atom stereocenters. The van der Waals surface area contributed by atoms with Crippen LogP contribution < -0.4 is 5.73 Å². The molecule has 0 amide bonds. The van der Waals surface area contributed by atoms with Crippen molar-refractivity contribution in [3.8, 4) is 11.3 Å². The molecule has 2 N–H and O–H groups in total. The number of rotatable bonds is 2. The summed E-state index contributed by atoms with van der Waals surface area (Å²) in [6.07, 6.45) is 4.06. The van der Waals surface area contributed by atoms with Gasteiger partial charge < -0.3 is 10.1 Å². The smallest absolute Gasteiger partial charge is 0.137 e. The van der Waals surface area contributed by atoms with Crippen molar-refractivity contribution < 1.29 is 0 Å². The summed E-state index contributed by atoms with van der Waals surface area (Å²) < 4.78 is 2.03. The first-order chi connectivity index (χ1) is 9.17. The standard InChI is InChI=1S/C16H17N3/c1-11-3-4-14(7-12(11)2)15-10-19-6-5-13(9-17)8-16(19)18-15/h3-8,10H,9,17H2,1-2H3. The minimum atomic E-state index is 0.544. The Morgan fingerprint density at radius 1 is 1.11 bits per heavy atom. The van der Waals surface area contributed by atoms with Gasteiger partial charge in [-0.1, -0.05) is 12.1 Å². The van der Waals surface area contributed by atoms with Crippen LogP contribution in [0.5, 0.6) is 0 Å². The molecule has 0 bridgehead atoms. The Kier molecular flexibility index (Phi) is 2.84. The van der Waals surface area contributed by atoms with Crippen LogP contribution in [0, 0.1) is 13.8 Å². The molecule has 2 aromatic heterocycles. The summed E-state index contributed by atoms with van der Waals surface area (Å²) in [5, 5.41) is 0. The van der Waals surface area contributed by atoms with Crippen LogP contribution in [0.1, 0.15) is 16.7 Å². The zero-order chi connectivity index (χ0) is 13.4. The predicted octanol–water partition coefficient (Wildman–Crippen LogP) is 3.08. The molecule has 3 rings (SSSR count). The van der Waals surface area contributed by atoms with Gasteiger partial charge in [-0.25, -0.2) is 4.98 Å². The normalized spacial score (nSPS) is 11.1. The third-order valence-electron chi connectivity index (χ3n) is 3.56. The average molecular weight is 251 g/mol. The number of imidazole rings is 1. The quantitative estimate of drug-likeness (QED) is 0.760. The summed E-state index contributed by atoms with van der Waals surface area (Å²) in [4.78, 5) is 4.67. The SMILES string of the molecule is Cc1ccc(-c2cn3ccc(CN)cc3n2)cc1C. The molecule has 0 saturated heterocycles. The molecule has 3 aromatic rings. The molecule has 3 heteroatoms. The Morgan fingerprint density at radius 2 is 1.95 bits per heavy atom. The lowest BCUT2D eigenvalue weighted by Crippen LogP contribution is -1.96. The third kappa shape index (κ3) is 2.13. The maximum atomic E-state index is 5.66. The second-order valence-electron chi connectivity index (χ2n) is 4.93. The summed E-state index contributed by atoms with van der Waals surface area (Å²) in [7, 11) is 0. The van der Waals surface area contributed by atoms with Crippen molar-refractivity contribution in [3.05, 3.63) is 59.4 Å². The topological polar surface area (TPSA) is 43.3 Å². The van der Waals surface area contributed by atoms with E-state index in [0.717, 1.165) is 22.5 Å². The molecule has 0 aliphatic heterocycles. The van der Waals surface area contributed by atoms with E-state index in [1.165, 1.54) is 11.1 Å². The molecule has 0 aliphatic carbocycles. The molecule has 96 valence electrons. The summed E-state index contributed by atoms with van der Waals surface area (Å²) >= 11 is 0. The average Bonchev–Trinajstić information content (AvgIpc) is 2.84. The number of pyridine rings is 1. The third-order valence-corrected chi connectivity index (χ3v) is 3.56. The van der Waals surface area contributed by atoms with Crippen LogP contribution >= 0.6 is 0 Å². The first-order valence-corrected chi connectivity index (χ1v) is 6.43. The van der Waals surface area contributed by atoms with E-state index in [4.69, 9.17) is 5.73 Å². The summed E-state index contributed by atoms with van der Waals surface area (Å²) in [6, 6.07) is 10.5. The molecule has 0 fully saturated rings. The van der Waals surface area contributed by atoms with Crippen LogP contribution in [0.25, 0.3) is 16.9 Å². The van der Waals surface area contributed by atoms with E-state index in [1.54, 1.807) is 0 Å². The molecule has 0 aliphatic rings. The van der Waals surface area contributed by atoms with Crippen molar-refractivity contribution in [1.82, 2.24) is 9.38 Å². The molecular formula is C16H17N3. The van der Waals surface area contributed by atoms with Crippen LogP contribution in [-0.2, 0) is 6.54 Å². The van der Waals surface area contributed by atoms with E-state index in [0.29, 0.717) is 6.54 Å². The zero-order valence-electron chi connectivity index (χ0n) is 11.2. The fourth-order valence-electron chi connectivity index (χ4n) is 2.19. The maximum absolute atomic E-state index is 5.66. The van der Waals surface area contributed by atoms with Gasteiger partial charge >= 0.3 is 0 Å². The fourth-order valence-corrected chi connectivity index (χ4v) is 2.19. The van der Waals surface area contributed by atoms with Crippen LogP contribution in [0.15, 0.2) is 42.7 Å². The highest BCUT2D eigenvalue weighted by molar-refractivity contribution is 5.64. The maximum Gasteiger partial charge on any atom is 0.137 e. The lowest BCUT2D eigenvalue weighted by molar-refractivity contribution is 1.05. The van der Waals surface area contributed by atoms with E-state index in [-0.39, 0.29) is 0 Å². The zero-order valence-corrected chi connectivity index (χ0v) is 11.2. The first kappa shape index (κ1) is 11.9. The number of nitrogens with zero attached hydrogens (tertiary/aromatic N) is 2. The number of aromatic nitrogens is 2. The van der Waals surface area contributed by atoms with Gasteiger partial charge in [-0.05, 0) is 48.7 Å². The Balaban J connectivity index is 2.11. The molecule has 0 spiro atoms. The van der Waals surface area contributed by atoms with Crippen LogP contribution in [-0.4, -0.2) is 9.38 Å². The monoisotopic (exact) mass is 251 g/mol. The summed E-state index contributed by atoms with van der Waals surface area (Å²) in [5.74, 6) is 0. The van der Waals surface area contributed by atoms with Crippen molar-refractivity contribution in [3.63, 3.8) is 0 Å². The molecule has 0 saturated carbocycles. The van der Waals surface area contributed by atoms with Crippen LogP contribution in [0.2, 0.25) is 0 Å². The Hall–Kier alpha value is -2.13. The molecule has 0 unspecified atom stereocenters. The van der Waals surface area contributed by atoms with Crippen molar-refractivity contribution in [1.29, 1.82) is 0 Å². The van der Waals surface area contributed by atoms with E-state index in [1.807, 2.05) is 22.7 Å². The van der Waals surface area contributed by atoms with Gasteiger partial charge in [-0.3, -0.25) is 0 Å².